The van der Waals surface area contributed by atoms with Crippen LogP contribution >= 0.6 is 0 Å². The second kappa shape index (κ2) is 4.56. The van der Waals surface area contributed by atoms with E-state index in [4.69, 9.17) is 5.73 Å². The molecule has 0 amide bonds. The van der Waals surface area contributed by atoms with Crippen LogP contribution in [0, 0.1) is 6.92 Å². The highest BCUT2D eigenvalue weighted by atomic mass is 32.2. The lowest BCUT2D eigenvalue weighted by atomic mass is 10.0. The largest absolute Gasteiger partial charge is 0.369 e. The number of fused-ring (bicyclic) bond motifs is 1. The zero-order chi connectivity index (χ0) is 15.2. The molecule has 2 heterocycles. The molecule has 21 heavy (non-hydrogen) atoms. The smallest absolute Gasteiger partial charge is 0.205 e. The molecule has 0 saturated carbocycles. The second-order valence-corrected chi connectivity index (χ2v) is 6.92. The number of nitrogens with zero attached hydrogens (tertiary/aromatic N) is 3. The number of sulfone groups is 1. The van der Waals surface area contributed by atoms with Crippen LogP contribution in [-0.4, -0.2) is 29.0 Å². The van der Waals surface area contributed by atoms with Gasteiger partial charge in [-0.2, -0.15) is 0 Å². The topological polar surface area (TPSA) is 90.3 Å². The summed E-state index contributed by atoms with van der Waals surface area (Å²) in [6.07, 6.45) is 6.23. The van der Waals surface area contributed by atoms with Gasteiger partial charge in [-0.15, -0.1) is 0 Å². The predicted molar refractivity (Wildman–Crippen MR) is 80.7 cm³/mol. The summed E-state index contributed by atoms with van der Waals surface area (Å²) in [6.45, 7) is 1.86. The maximum atomic E-state index is 11.6. The highest BCUT2D eigenvalue weighted by molar-refractivity contribution is 7.90. The van der Waals surface area contributed by atoms with Crippen LogP contribution in [0.1, 0.15) is 5.56 Å². The third-order valence-corrected chi connectivity index (χ3v) is 4.48. The van der Waals surface area contributed by atoms with E-state index < -0.39 is 9.84 Å². The molecule has 0 unspecified atom stereocenters. The Hall–Kier alpha value is -2.41. The van der Waals surface area contributed by atoms with Crippen LogP contribution in [0.4, 0.5) is 5.95 Å². The molecular formula is C14H14N4O2S. The first kappa shape index (κ1) is 13.6. The zero-order valence-corrected chi connectivity index (χ0v) is 12.4. The molecular weight excluding hydrogens is 288 g/mol. The minimum atomic E-state index is -3.22. The van der Waals surface area contributed by atoms with E-state index >= 15 is 0 Å². The predicted octanol–water partition coefficient (Wildman–Crippen LogP) is 1.69. The normalized spacial score (nSPS) is 11.9. The maximum Gasteiger partial charge on any atom is 0.205 e. The Balaban J connectivity index is 2.25. The number of nitrogen functional groups attached to an aromatic ring is 1. The van der Waals surface area contributed by atoms with Gasteiger partial charge in [0.15, 0.2) is 9.84 Å². The second-order valence-electron chi connectivity index (χ2n) is 4.90. The van der Waals surface area contributed by atoms with Gasteiger partial charge in [0.1, 0.15) is 5.65 Å². The first-order chi connectivity index (χ1) is 9.88. The van der Waals surface area contributed by atoms with Crippen molar-refractivity contribution in [3.05, 3.63) is 42.4 Å². The molecule has 2 N–H and O–H groups in total. The molecule has 0 aliphatic rings. The van der Waals surface area contributed by atoms with Crippen LogP contribution in [0.25, 0.3) is 16.8 Å². The molecule has 3 rings (SSSR count). The molecule has 3 aromatic rings. The average molecular weight is 302 g/mol. The summed E-state index contributed by atoms with van der Waals surface area (Å²) in [4.78, 5) is 8.74. The Morgan fingerprint density at radius 1 is 1.19 bits per heavy atom. The minimum absolute atomic E-state index is 0.298. The molecule has 108 valence electrons. The van der Waals surface area contributed by atoms with Gasteiger partial charge < -0.3 is 5.73 Å². The van der Waals surface area contributed by atoms with Crippen molar-refractivity contribution in [2.75, 3.05) is 12.0 Å². The van der Waals surface area contributed by atoms with E-state index in [0.717, 1.165) is 16.7 Å². The molecule has 2 aromatic heterocycles. The summed E-state index contributed by atoms with van der Waals surface area (Å²) in [5.41, 5.74) is 9.03. The molecule has 0 fully saturated rings. The van der Waals surface area contributed by atoms with Gasteiger partial charge in [-0.05, 0) is 30.2 Å². The van der Waals surface area contributed by atoms with Crippen molar-refractivity contribution in [2.24, 2.45) is 0 Å². The lowest BCUT2D eigenvalue weighted by molar-refractivity contribution is 0.602. The Morgan fingerprint density at radius 3 is 2.62 bits per heavy atom. The molecule has 0 radical (unpaired) electrons. The highest BCUT2D eigenvalue weighted by Crippen LogP contribution is 2.28. The standard InChI is InChI=1S/C14H14N4O2S/c1-9-7-10(21(2,19)20)3-4-11(9)12-8-17-14(15)18-6-5-16-13(12)18/h3-8H,1-2H3,(H2,15,17). The average Bonchev–Trinajstić information content (AvgIpc) is 2.89. The molecule has 0 atom stereocenters. The van der Waals surface area contributed by atoms with Crippen molar-refractivity contribution < 1.29 is 8.42 Å². The Morgan fingerprint density at radius 2 is 1.95 bits per heavy atom. The van der Waals surface area contributed by atoms with Gasteiger partial charge in [-0.1, -0.05) is 6.07 Å². The lowest BCUT2D eigenvalue weighted by Crippen LogP contribution is -2.02. The number of rotatable bonds is 2. The number of aryl methyl sites for hydroxylation is 1. The van der Waals surface area contributed by atoms with E-state index in [0.29, 0.717) is 16.5 Å². The molecule has 0 aliphatic carbocycles. The van der Waals surface area contributed by atoms with E-state index in [1.165, 1.54) is 6.26 Å². The van der Waals surface area contributed by atoms with Crippen molar-refractivity contribution in [1.29, 1.82) is 0 Å². The van der Waals surface area contributed by atoms with E-state index in [2.05, 4.69) is 9.97 Å². The number of hydrogen-bond acceptors (Lipinski definition) is 5. The number of benzene rings is 1. The fourth-order valence-electron chi connectivity index (χ4n) is 2.30. The van der Waals surface area contributed by atoms with Crippen LogP contribution in [0.15, 0.2) is 41.7 Å². The molecule has 0 bridgehead atoms. The first-order valence-electron chi connectivity index (χ1n) is 6.26. The van der Waals surface area contributed by atoms with Gasteiger partial charge in [0.2, 0.25) is 5.95 Å². The maximum absolute atomic E-state index is 11.6. The first-order valence-corrected chi connectivity index (χ1v) is 8.15. The lowest BCUT2D eigenvalue weighted by Gasteiger charge is -2.10. The molecule has 1 aromatic carbocycles. The van der Waals surface area contributed by atoms with Crippen molar-refractivity contribution in [2.45, 2.75) is 11.8 Å². The minimum Gasteiger partial charge on any atom is -0.369 e. The van der Waals surface area contributed by atoms with Crippen LogP contribution in [-0.2, 0) is 9.84 Å². The number of nitrogens with two attached hydrogens (primary N) is 1. The summed E-state index contributed by atoms with van der Waals surface area (Å²) in [5, 5.41) is 0. The van der Waals surface area contributed by atoms with Crippen molar-refractivity contribution >= 4 is 21.4 Å². The molecule has 0 saturated heterocycles. The molecule has 7 heteroatoms. The number of hydrogen-bond donors (Lipinski definition) is 1. The summed E-state index contributed by atoms with van der Waals surface area (Å²) in [5.74, 6) is 0.358. The Bertz CT molecular complexity index is 945. The van der Waals surface area contributed by atoms with Crippen LogP contribution in [0.2, 0.25) is 0 Å². The van der Waals surface area contributed by atoms with Crippen molar-refractivity contribution in [3.8, 4) is 11.1 Å². The quantitative estimate of drug-likeness (QED) is 0.778. The third kappa shape index (κ3) is 2.25. The van der Waals surface area contributed by atoms with Crippen LogP contribution in [0.5, 0.6) is 0 Å². The van der Waals surface area contributed by atoms with Crippen LogP contribution < -0.4 is 5.73 Å². The van der Waals surface area contributed by atoms with E-state index in [-0.39, 0.29) is 0 Å². The fourth-order valence-corrected chi connectivity index (χ4v) is 3.00. The summed E-state index contributed by atoms with van der Waals surface area (Å²) in [6, 6.07) is 5.02. The summed E-state index contributed by atoms with van der Waals surface area (Å²) < 4.78 is 24.9. The van der Waals surface area contributed by atoms with E-state index in [1.54, 1.807) is 41.2 Å². The van der Waals surface area contributed by atoms with Gasteiger partial charge in [-0.25, -0.2) is 18.4 Å². The van der Waals surface area contributed by atoms with Gasteiger partial charge in [0.05, 0.1) is 4.90 Å². The molecule has 0 aliphatic heterocycles. The number of aromatic nitrogens is 3. The molecule has 6 nitrogen and oxygen atoms in total. The Kier molecular flexibility index (Phi) is 2.94. The monoisotopic (exact) mass is 302 g/mol. The summed E-state index contributed by atoms with van der Waals surface area (Å²) in [7, 11) is -3.22. The van der Waals surface area contributed by atoms with Gasteiger partial charge in [0, 0.05) is 30.4 Å². The van der Waals surface area contributed by atoms with Crippen molar-refractivity contribution in [3.63, 3.8) is 0 Å². The summed E-state index contributed by atoms with van der Waals surface area (Å²) >= 11 is 0. The van der Waals surface area contributed by atoms with Gasteiger partial charge in [0.25, 0.3) is 0 Å². The van der Waals surface area contributed by atoms with Gasteiger partial charge in [-0.3, -0.25) is 4.40 Å². The Labute approximate surface area is 122 Å². The van der Waals surface area contributed by atoms with Gasteiger partial charge >= 0.3 is 0 Å². The SMILES string of the molecule is Cc1cc(S(C)(=O)=O)ccc1-c1cnc(N)n2ccnc12. The molecule has 0 spiro atoms. The third-order valence-electron chi connectivity index (χ3n) is 3.37. The zero-order valence-electron chi connectivity index (χ0n) is 11.6. The van der Waals surface area contributed by atoms with Crippen LogP contribution in [0.3, 0.4) is 0 Å². The number of anilines is 1. The van der Waals surface area contributed by atoms with Crippen molar-refractivity contribution in [1.82, 2.24) is 14.4 Å². The number of imidazole rings is 1. The highest BCUT2D eigenvalue weighted by Gasteiger charge is 2.13. The fraction of sp³-hybridized carbons (Fsp3) is 0.143. The van der Waals surface area contributed by atoms with E-state index in [1.807, 2.05) is 6.92 Å². The van der Waals surface area contributed by atoms with E-state index in [9.17, 15) is 8.42 Å².